The summed E-state index contributed by atoms with van der Waals surface area (Å²) in [4.78, 5) is 227. The molecule has 6 aromatic rings. The van der Waals surface area contributed by atoms with E-state index in [1.807, 2.05) is 61.6 Å². The summed E-state index contributed by atoms with van der Waals surface area (Å²) in [5, 5.41) is 115. The zero-order chi connectivity index (χ0) is 99.7. The standard InChI is InChI=1S/C88H113N21O26S2/c1-8-84(131)35-44-36-87(80(129)134-7,66-49(23-28-108(39-44)41-84)48-14-10-11-15-52(48)97-66)51-30-50-59(34-60(51)133-6)107(5)77-86(50)25-29-109-27-13-24-85(9-2,76(86)109)78(127)88(77,132)79(128)105-106-83(130)135-42(3)43(4)137-136-40-58(75(125)126)102-72(121)57(33-64(115)116)101-71(120)56(32-63(113)114)100-69(118)53(16-12-26-92-81(89)90)98-70(119)55(31-62(111)112)96-61(110)22-21-54(74(123)124)99-68(117)45-17-19-46(20-18-45)93-37-47-38-94-67-65(95-47)73(122)104-82(91)103-67/h10-11,13-15,17-20,24,30,34,38,42-44,53-58,76-78,93,97,127,131-132H,8-9,12,16,21-23,25-29,31-33,35-37,39-41H2,1-7H3,(H,96,110)(H,98,119)(H,99,117)(H,100,118)(H,101,120)(H,102,121)(H,105,128)(H,106,130)(H,111,112)(H,113,114)(H,115,116)(H,123,124)(H,125,126)(H4,89,90,92)(H3,91,94,103,104,122)/t42?,43?,44-,53+,54+,55+,56+,57+,58+,76+,77-,78-,84+,85-,86-,87+,88+/m1/s1. The van der Waals surface area contributed by atoms with E-state index >= 15 is 9.59 Å². The zero-order valence-corrected chi connectivity index (χ0v) is 77.5. The highest BCUT2D eigenvalue weighted by Gasteiger charge is 2.79. The summed E-state index contributed by atoms with van der Waals surface area (Å²) in [6.07, 6.45) is -2.80. The van der Waals surface area contributed by atoms with E-state index in [0.29, 0.717) is 92.3 Å². The van der Waals surface area contributed by atoms with Crippen LogP contribution in [0.1, 0.15) is 143 Å². The number of aromatic nitrogens is 5. The van der Waals surface area contributed by atoms with Crippen molar-refractivity contribution in [3.8, 4) is 5.75 Å². The SMILES string of the molecule is CC[C@]1(O)C[C@H]2CN(CCc3c([nH]c4ccccc34)[C@@](C(=O)OC)(c3cc4c(cc3OC)N(C)[C@H]3[C@@](O)(C(=O)NNC(=O)OC(C)C(C)SSC[C@H](NC(=O)[C@H](CC(=O)O)NC(=O)[C@H](CC(=O)O)NC(=O)[C@H](CCCNC(=N)N)NC(=O)[C@H](CC(=O)O)NC(=O)CC[C@H](NC(=O)c5ccc(NCc6cnc7nc(N)[nH]c(=O)c7n6)cc5)C(=O)O)C(=O)O)[C@H](O)[C@]5(CC)C=CCN6CC[C@]43[C@@H]65)C2)C1. The number of nitrogens with one attached hydrogen (secondary N) is 13. The highest BCUT2D eigenvalue weighted by molar-refractivity contribution is 8.77. The van der Waals surface area contributed by atoms with E-state index in [1.54, 1.807) is 24.9 Å². The quantitative estimate of drug-likeness (QED) is 0.00427. The van der Waals surface area contributed by atoms with Gasteiger partial charge in [0.2, 0.25) is 35.5 Å². The van der Waals surface area contributed by atoms with Crippen molar-refractivity contribution in [2.45, 2.75) is 206 Å². The minimum Gasteiger partial charge on any atom is -0.496 e. The fourth-order valence-electron chi connectivity index (χ4n) is 20.1. The number of hydrogen-bond acceptors (Lipinski definition) is 32. The molecule has 18 atom stereocenters. The number of methoxy groups -OCH3 is 2. The highest BCUT2D eigenvalue weighted by atomic mass is 33.1. The topological polar surface area (TPSA) is 722 Å². The first kappa shape index (κ1) is 102. The number of H-pyrrole nitrogens is 2. The molecule has 1 aliphatic carbocycles. The number of aliphatic hydroxyl groups is 3. The van der Waals surface area contributed by atoms with Crippen molar-refractivity contribution in [3.05, 3.63) is 123 Å². The van der Waals surface area contributed by atoms with Crippen molar-refractivity contribution in [3.63, 3.8) is 0 Å². The Morgan fingerprint density at radius 1 is 0.737 bits per heavy atom. The maximum Gasteiger partial charge on any atom is 0.426 e. The number of aliphatic carboxylic acids is 5. The number of likely N-dealkylation sites (N-methyl/N-ethyl adjacent to an activating group) is 1. The Morgan fingerprint density at radius 2 is 1.38 bits per heavy atom. The summed E-state index contributed by atoms with van der Waals surface area (Å²) in [5.41, 5.74) is 11.6. The van der Waals surface area contributed by atoms with Crippen LogP contribution in [0.3, 0.4) is 0 Å². The second-order valence-electron chi connectivity index (χ2n) is 35.2. The van der Waals surface area contributed by atoms with E-state index in [0.717, 1.165) is 38.1 Å². The number of esters is 1. The third-order valence-corrected chi connectivity index (χ3v) is 29.6. The molecule has 5 aliphatic heterocycles. The molecule has 49 heteroatoms. The van der Waals surface area contributed by atoms with E-state index < -0.39 is 232 Å². The Bertz CT molecular complexity index is 5770. The number of carbonyl (C=O) groups is 14. The maximum absolute atomic E-state index is 15.7. The molecule has 25 N–H and O–H groups in total. The van der Waals surface area contributed by atoms with Crippen LogP contribution in [0.5, 0.6) is 5.75 Å². The van der Waals surface area contributed by atoms with Gasteiger partial charge < -0.3 is 119 Å². The summed E-state index contributed by atoms with van der Waals surface area (Å²) in [6, 6.07) is 3.31. The molecule has 137 heavy (non-hydrogen) atoms. The number of hydrogen-bond donors (Lipinski definition) is 23. The van der Waals surface area contributed by atoms with Gasteiger partial charge in [-0.05, 0) is 132 Å². The summed E-state index contributed by atoms with van der Waals surface area (Å²) in [7, 11) is 6.29. The van der Waals surface area contributed by atoms with Crippen molar-refractivity contribution in [1.82, 2.24) is 82.8 Å². The number of para-hydroxylation sites is 1. The number of carboxylic acid groups (broad SMARTS) is 5. The fourth-order valence-corrected chi connectivity index (χ4v) is 22.7. The number of benzene rings is 3. The van der Waals surface area contributed by atoms with E-state index in [2.05, 4.69) is 82.8 Å². The van der Waals surface area contributed by atoms with Crippen LogP contribution in [0.2, 0.25) is 0 Å². The minimum absolute atomic E-state index is 0.0220. The number of nitrogens with zero attached hydrogens (tertiary/aromatic N) is 6. The van der Waals surface area contributed by atoms with Gasteiger partial charge in [-0.1, -0.05) is 65.8 Å². The van der Waals surface area contributed by atoms with Gasteiger partial charge in [-0.15, -0.1) is 0 Å². The van der Waals surface area contributed by atoms with Gasteiger partial charge in [0.1, 0.15) is 59.6 Å². The first-order chi connectivity index (χ1) is 65.0. The molecule has 1 spiro atoms. The summed E-state index contributed by atoms with van der Waals surface area (Å²) in [6.45, 7) is 9.22. The number of anilines is 3. The molecule has 0 radical (unpaired) electrons. The van der Waals surface area contributed by atoms with Gasteiger partial charge in [-0.25, -0.2) is 29.8 Å². The van der Waals surface area contributed by atoms with Crippen molar-refractivity contribution in [2.24, 2.45) is 17.1 Å². The Kier molecular flexibility index (Phi) is 32.0. The zero-order valence-electron chi connectivity index (χ0n) is 75.9. The molecule has 2 saturated heterocycles. The number of piperidine rings is 1. The number of carboxylic acids is 5. The van der Waals surface area contributed by atoms with Crippen LogP contribution >= 0.6 is 21.6 Å². The maximum atomic E-state index is 15.7. The number of carbonyl (C=O) groups excluding carboxylic acids is 9. The summed E-state index contributed by atoms with van der Waals surface area (Å²) < 4.78 is 18.1. The van der Waals surface area contributed by atoms with Gasteiger partial charge in [-0.3, -0.25) is 83.2 Å². The van der Waals surface area contributed by atoms with E-state index in [4.69, 9.17) is 31.1 Å². The van der Waals surface area contributed by atoms with E-state index in [-0.39, 0.29) is 66.7 Å². The first-order valence-electron chi connectivity index (χ1n) is 44.3. The molecule has 3 aromatic heterocycles. The molecule has 8 amide bonds. The average molecular weight is 1950 g/mol. The van der Waals surface area contributed by atoms with Crippen LogP contribution in [-0.4, -0.2) is 308 Å². The monoisotopic (exact) mass is 1940 g/mol. The number of nitrogens with two attached hydrogens (primary N) is 2. The predicted octanol–water partition coefficient (Wildman–Crippen LogP) is -0.757. The van der Waals surface area contributed by atoms with E-state index in [1.165, 1.54) is 51.6 Å². The first-order valence-corrected chi connectivity index (χ1v) is 46.7. The lowest BCUT2D eigenvalue weighted by Gasteiger charge is -2.63. The van der Waals surface area contributed by atoms with Crippen molar-refractivity contribution < 1.29 is 122 Å². The third kappa shape index (κ3) is 21.8. The molecule has 12 rings (SSSR count). The second-order valence-corrected chi connectivity index (χ2v) is 38.0. The molecule has 738 valence electrons. The van der Waals surface area contributed by atoms with Crippen LogP contribution in [0.15, 0.2) is 83.8 Å². The number of amides is 8. The Labute approximate surface area is 790 Å². The van der Waals surface area contributed by atoms with Crippen LogP contribution in [0.25, 0.3) is 22.1 Å². The molecule has 1 saturated carbocycles. The number of ether oxygens (including phenoxy) is 3. The average Bonchev–Trinajstić information content (AvgIpc) is 1.48. The van der Waals surface area contributed by atoms with Crippen LogP contribution in [-0.2, 0) is 90.8 Å². The fraction of sp³-hybridized carbons (Fsp3) is 0.511. The Morgan fingerprint density at radius 3 is 2.01 bits per heavy atom. The molecular formula is C88H113N21O26S2. The number of hydrazine groups is 1. The molecule has 3 unspecified atom stereocenters. The molecular weight excluding hydrogens is 1830 g/mol. The van der Waals surface area contributed by atoms with Gasteiger partial charge in [0.15, 0.2) is 22.7 Å². The van der Waals surface area contributed by atoms with Gasteiger partial charge >= 0.3 is 41.9 Å². The smallest absolute Gasteiger partial charge is 0.426 e. The third-order valence-electron chi connectivity index (χ3n) is 26.5. The largest absolute Gasteiger partial charge is 0.496 e. The van der Waals surface area contributed by atoms with Gasteiger partial charge in [0, 0.05) is 119 Å². The number of aliphatic hydroxyl groups excluding tert-OH is 1. The predicted molar refractivity (Wildman–Crippen MR) is 493 cm³/mol. The normalized spacial score (nSPS) is 24.0. The van der Waals surface area contributed by atoms with Crippen LogP contribution in [0.4, 0.5) is 22.1 Å². The molecule has 47 nitrogen and oxygen atoms in total. The van der Waals surface area contributed by atoms with Crippen molar-refractivity contribution in [2.75, 3.05) is 82.2 Å². The second kappa shape index (κ2) is 42.8. The molecule has 6 aliphatic rings. The lowest BCUT2D eigenvalue weighted by Crippen LogP contribution is -2.82. The van der Waals surface area contributed by atoms with Crippen molar-refractivity contribution in [1.29, 1.82) is 5.41 Å². The lowest BCUT2D eigenvalue weighted by molar-refractivity contribution is -0.204. The summed E-state index contributed by atoms with van der Waals surface area (Å²) in [5.74, 6) is -19.3. The molecule has 3 aromatic carbocycles. The number of guanidine groups is 1. The van der Waals surface area contributed by atoms with Gasteiger partial charge in [-0.2, -0.15) is 4.98 Å². The number of fused-ring (bicyclic) bond motifs is 7. The minimum atomic E-state index is -2.77. The molecule has 3 fully saturated rings. The summed E-state index contributed by atoms with van der Waals surface area (Å²) >= 11 is 0. The highest BCUT2D eigenvalue weighted by Crippen LogP contribution is 2.68. The number of rotatable bonds is 41. The molecule has 8 heterocycles. The number of aromatic amines is 2. The Balaban J connectivity index is 0.669. The van der Waals surface area contributed by atoms with Gasteiger partial charge in [0.05, 0.1) is 63.6 Å². The van der Waals surface area contributed by atoms with E-state index in [9.17, 15) is 103 Å². The Hall–Kier alpha value is -13.5. The van der Waals surface area contributed by atoms with Crippen LogP contribution < -0.4 is 80.0 Å². The lowest BCUT2D eigenvalue weighted by atomic mass is 9.47. The van der Waals surface area contributed by atoms with Gasteiger partial charge in [0.25, 0.3) is 17.4 Å². The number of nitrogen functional groups attached to an aromatic ring is 1. The van der Waals surface area contributed by atoms with Crippen molar-refractivity contribution >= 4 is 150 Å². The molecule has 2 bridgehead atoms. The van der Waals surface area contributed by atoms with Crippen LogP contribution in [0, 0.1) is 16.7 Å².